The first-order valence-electron chi connectivity index (χ1n) is 5.04. The Bertz CT molecular complexity index is 589. The molecular formula is C12H12N2O2S. The molecule has 1 aromatic heterocycles. The molecule has 0 fully saturated rings. The average molecular weight is 248 g/mol. The normalized spacial score (nSPS) is 10.4. The predicted octanol–water partition coefficient (Wildman–Crippen LogP) is 1.90. The Morgan fingerprint density at radius 2 is 2.24 bits per heavy atom. The van der Waals surface area contributed by atoms with Crippen LogP contribution in [0.3, 0.4) is 0 Å². The van der Waals surface area contributed by atoms with E-state index < -0.39 is 0 Å². The first kappa shape index (κ1) is 11.6. The average Bonchev–Trinajstić information content (AvgIpc) is 2.69. The molecule has 0 bridgehead atoms. The quantitative estimate of drug-likeness (QED) is 0.495. The number of carbonyl (C=O) groups excluding carboxylic acids is 1. The molecule has 0 saturated heterocycles. The lowest BCUT2D eigenvalue weighted by Gasteiger charge is -1.96. The molecule has 88 valence electrons. The molecule has 3 N–H and O–H groups in total. The highest BCUT2D eigenvalue weighted by Gasteiger charge is 2.08. The van der Waals surface area contributed by atoms with E-state index in [9.17, 15) is 4.79 Å². The molecule has 0 amide bonds. The van der Waals surface area contributed by atoms with Gasteiger partial charge in [0.25, 0.3) is 0 Å². The molecule has 0 aliphatic heterocycles. The molecule has 4 nitrogen and oxygen atoms in total. The van der Waals surface area contributed by atoms with Crippen LogP contribution in [0.4, 0.5) is 0 Å². The van der Waals surface area contributed by atoms with Crippen molar-refractivity contribution in [1.82, 2.24) is 0 Å². The van der Waals surface area contributed by atoms with Gasteiger partial charge in [0, 0.05) is 15.1 Å². The van der Waals surface area contributed by atoms with E-state index in [0.29, 0.717) is 5.56 Å². The van der Waals surface area contributed by atoms with Gasteiger partial charge in [-0.15, -0.1) is 11.3 Å². The van der Waals surface area contributed by atoms with Gasteiger partial charge in [0.1, 0.15) is 5.84 Å². The molecular weight excluding hydrogens is 236 g/mol. The van der Waals surface area contributed by atoms with Crippen molar-refractivity contribution in [3.63, 3.8) is 0 Å². The lowest BCUT2D eigenvalue weighted by molar-refractivity contribution is -0.139. The topological polar surface area (TPSA) is 76.2 Å². The number of thiophene rings is 1. The Labute approximate surface area is 103 Å². The summed E-state index contributed by atoms with van der Waals surface area (Å²) in [7, 11) is 1.38. The van der Waals surface area contributed by atoms with E-state index in [2.05, 4.69) is 4.74 Å². The van der Waals surface area contributed by atoms with Crippen LogP contribution in [0.1, 0.15) is 10.4 Å². The van der Waals surface area contributed by atoms with Crippen molar-refractivity contribution < 1.29 is 9.53 Å². The molecule has 0 aliphatic carbocycles. The predicted molar refractivity (Wildman–Crippen MR) is 68.6 cm³/mol. The van der Waals surface area contributed by atoms with Crippen LogP contribution in [0.15, 0.2) is 24.3 Å². The minimum atomic E-state index is -0.247. The van der Waals surface area contributed by atoms with E-state index in [4.69, 9.17) is 11.1 Å². The number of esters is 1. The van der Waals surface area contributed by atoms with Gasteiger partial charge < -0.3 is 10.5 Å². The van der Waals surface area contributed by atoms with Crippen LogP contribution in [0, 0.1) is 5.41 Å². The third kappa shape index (κ3) is 2.45. The molecule has 0 radical (unpaired) electrons. The monoisotopic (exact) mass is 248 g/mol. The van der Waals surface area contributed by atoms with Crippen molar-refractivity contribution >= 4 is 33.2 Å². The second-order valence-electron chi connectivity index (χ2n) is 3.63. The molecule has 2 rings (SSSR count). The fraction of sp³-hybridized carbons (Fsp3) is 0.167. The Morgan fingerprint density at radius 1 is 1.47 bits per heavy atom. The molecule has 0 atom stereocenters. The number of ether oxygens (including phenoxy) is 1. The van der Waals surface area contributed by atoms with Crippen LogP contribution in [-0.4, -0.2) is 18.9 Å². The largest absolute Gasteiger partial charge is 0.469 e. The lowest BCUT2D eigenvalue weighted by atomic mass is 10.1. The molecule has 0 saturated carbocycles. The summed E-state index contributed by atoms with van der Waals surface area (Å²) in [4.78, 5) is 12.1. The highest BCUT2D eigenvalue weighted by molar-refractivity contribution is 7.19. The number of hydrogen-bond acceptors (Lipinski definition) is 4. The molecule has 0 aliphatic rings. The van der Waals surface area contributed by atoms with Gasteiger partial charge in [0.05, 0.1) is 13.5 Å². The smallest absolute Gasteiger partial charge is 0.310 e. The second kappa shape index (κ2) is 4.55. The molecule has 2 aromatic rings. The number of fused-ring (bicyclic) bond motifs is 1. The number of rotatable bonds is 3. The summed E-state index contributed by atoms with van der Waals surface area (Å²) < 4.78 is 5.70. The fourth-order valence-electron chi connectivity index (χ4n) is 1.57. The number of nitrogens with two attached hydrogens (primary N) is 1. The number of nitrogen functional groups attached to an aromatic ring is 1. The molecule has 0 unspecified atom stereocenters. The summed E-state index contributed by atoms with van der Waals surface area (Å²) in [5, 5.41) is 8.37. The van der Waals surface area contributed by atoms with Crippen molar-refractivity contribution in [3.8, 4) is 0 Å². The SMILES string of the molecule is COC(=O)Cc1cc2cc(C(=N)N)ccc2s1. The second-order valence-corrected chi connectivity index (χ2v) is 4.80. The van der Waals surface area contributed by atoms with Crippen LogP contribution in [0.25, 0.3) is 10.1 Å². The van der Waals surface area contributed by atoms with Crippen molar-refractivity contribution in [1.29, 1.82) is 5.41 Å². The van der Waals surface area contributed by atoms with E-state index in [1.54, 1.807) is 11.3 Å². The van der Waals surface area contributed by atoms with E-state index in [1.165, 1.54) is 7.11 Å². The lowest BCUT2D eigenvalue weighted by Crippen LogP contribution is -2.10. The fourth-order valence-corrected chi connectivity index (χ4v) is 2.60. The highest BCUT2D eigenvalue weighted by atomic mass is 32.1. The number of amidine groups is 1. The molecule has 5 heteroatoms. The van der Waals surface area contributed by atoms with Gasteiger partial charge >= 0.3 is 5.97 Å². The molecule has 1 heterocycles. The number of methoxy groups -OCH3 is 1. The third-order valence-electron chi connectivity index (χ3n) is 2.42. The van der Waals surface area contributed by atoms with Crippen LogP contribution >= 0.6 is 11.3 Å². The maximum Gasteiger partial charge on any atom is 0.310 e. The zero-order valence-corrected chi connectivity index (χ0v) is 10.1. The summed E-state index contributed by atoms with van der Waals surface area (Å²) in [6.45, 7) is 0. The van der Waals surface area contributed by atoms with E-state index in [1.807, 2.05) is 24.3 Å². The van der Waals surface area contributed by atoms with Crippen LogP contribution in [-0.2, 0) is 16.0 Å². The van der Waals surface area contributed by atoms with Gasteiger partial charge in [0.2, 0.25) is 0 Å². The third-order valence-corrected chi connectivity index (χ3v) is 3.54. The van der Waals surface area contributed by atoms with Crippen LogP contribution < -0.4 is 5.73 Å². The van der Waals surface area contributed by atoms with Gasteiger partial charge in [0.15, 0.2) is 0 Å². The van der Waals surface area contributed by atoms with Crippen LogP contribution in [0.5, 0.6) is 0 Å². The Balaban J connectivity index is 2.37. The number of hydrogen-bond donors (Lipinski definition) is 2. The first-order chi connectivity index (χ1) is 8.10. The molecule has 0 spiro atoms. The van der Waals surface area contributed by atoms with Crippen molar-refractivity contribution in [2.75, 3.05) is 7.11 Å². The van der Waals surface area contributed by atoms with Gasteiger partial charge in [-0.25, -0.2) is 0 Å². The summed E-state index contributed by atoms with van der Waals surface area (Å²) in [5.74, 6) is -0.198. The van der Waals surface area contributed by atoms with E-state index in [0.717, 1.165) is 15.0 Å². The minimum Gasteiger partial charge on any atom is -0.469 e. The van der Waals surface area contributed by atoms with Crippen molar-refractivity contribution in [2.45, 2.75) is 6.42 Å². The summed E-state index contributed by atoms with van der Waals surface area (Å²) in [6.07, 6.45) is 0.283. The molecule has 1 aromatic carbocycles. The van der Waals surface area contributed by atoms with E-state index in [-0.39, 0.29) is 18.2 Å². The van der Waals surface area contributed by atoms with Gasteiger partial charge in [-0.3, -0.25) is 10.2 Å². The van der Waals surface area contributed by atoms with Crippen molar-refractivity contribution in [3.05, 3.63) is 34.7 Å². The summed E-state index contributed by atoms with van der Waals surface area (Å²) in [5.41, 5.74) is 6.12. The van der Waals surface area contributed by atoms with Crippen molar-refractivity contribution in [2.24, 2.45) is 5.73 Å². The van der Waals surface area contributed by atoms with Crippen LogP contribution in [0.2, 0.25) is 0 Å². The Morgan fingerprint density at radius 3 is 2.88 bits per heavy atom. The van der Waals surface area contributed by atoms with Gasteiger partial charge in [-0.05, 0) is 29.7 Å². The van der Waals surface area contributed by atoms with Gasteiger partial charge in [-0.1, -0.05) is 0 Å². The Kier molecular flexibility index (Phi) is 3.10. The summed E-state index contributed by atoms with van der Waals surface area (Å²) >= 11 is 1.55. The number of carbonyl (C=O) groups is 1. The standard InChI is InChI=1S/C12H12N2O2S/c1-16-11(15)6-9-5-8-4-7(12(13)14)2-3-10(8)17-9/h2-5H,6H2,1H3,(H3,13,14). The van der Waals surface area contributed by atoms with Gasteiger partial charge in [-0.2, -0.15) is 0 Å². The zero-order valence-electron chi connectivity index (χ0n) is 9.32. The number of nitrogens with one attached hydrogen (secondary N) is 1. The molecule has 17 heavy (non-hydrogen) atoms. The number of benzene rings is 1. The zero-order chi connectivity index (χ0) is 12.4. The summed E-state index contributed by atoms with van der Waals surface area (Å²) in [6, 6.07) is 7.51. The minimum absolute atomic E-state index is 0.0487. The Hall–Kier alpha value is -1.88. The first-order valence-corrected chi connectivity index (χ1v) is 5.85. The highest BCUT2D eigenvalue weighted by Crippen LogP contribution is 2.27. The maximum absolute atomic E-state index is 11.2. The van der Waals surface area contributed by atoms with E-state index >= 15 is 0 Å². The maximum atomic E-state index is 11.2.